The van der Waals surface area contributed by atoms with Crippen LogP contribution >= 0.6 is 11.3 Å². The molecule has 2 aromatic heterocycles. The second-order valence-corrected chi connectivity index (χ2v) is 6.52. The van der Waals surface area contributed by atoms with Crippen LogP contribution in [0, 0.1) is 0 Å². The molecule has 2 aromatic rings. The van der Waals surface area contributed by atoms with Crippen LogP contribution in [-0.2, 0) is 17.6 Å². The van der Waals surface area contributed by atoms with E-state index in [4.69, 9.17) is 4.42 Å². The number of hydrogen-bond acceptors (Lipinski definition) is 4. The van der Waals surface area contributed by atoms with Crippen molar-refractivity contribution in [2.75, 3.05) is 5.32 Å². The van der Waals surface area contributed by atoms with E-state index in [2.05, 4.69) is 5.32 Å². The molecule has 1 aliphatic carbocycles. The standard InChI is InChI=1S/C17H17NO4S/c19-14(9-8-11-5-4-10-22-11)18-16-15(17(20)21)12-6-2-1-3-7-13(12)23-16/h4-5,8-10H,1-3,6-7H2,(H,18,19)(H,20,21)/b9-8+. The lowest BCUT2D eigenvalue weighted by atomic mass is 10.1. The minimum Gasteiger partial charge on any atom is -0.478 e. The predicted octanol–water partition coefficient (Wildman–Crippen LogP) is 3.96. The average Bonchev–Trinajstić information content (AvgIpc) is 3.08. The normalized spacial score (nSPS) is 14.4. The van der Waals surface area contributed by atoms with Gasteiger partial charge in [-0.25, -0.2) is 4.79 Å². The fourth-order valence-corrected chi connectivity index (χ4v) is 4.04. The Labute approximate surface area is 137 Å². The Morgan fingerprint density at radius 2 is 2.09 bits per heavy atom. The molecule has 23 heavy (non-hydrogen) atoms. The fraction of sp³-hybridized carbons (Fsp3) is 0.294. The van der Waals surface area contributed by atoms with Gasteiger partial charge in [0.15, 0.2) is 0 Å². The first-order valence-corrected chi connectivity index (χ1v) is 8.37. The fourth-order valence-electron chi connectivity index (χ4n) is 2.75. The number of fused-ring (bicyclic) bond motifs is 1. The zero-order valence-electron chi connectivity index (χ0n) is 12.5. The summed E-state index contributed by atoms with van der Waals surface area (Å²) in [7, 11) is 0. The van der Waals surface area contributed by atoms with Gasteiger partial charge < -0.3 is 14.8 Å². The molecule has 0 radical (unpaired) electrons. The molecule has 6 heteroatoms. The van der Waals surface area contributed by atoms with Crippen LogP contribution in [0.2, 0.25) is 0 Å². The maximum absolute atomic E-state index is 12.0. The van der Waals surface area contributed by atoms with E-state index >= 15 is 0 Å². The number of carboxylic acids is 1. The molecule has 0 unspecified atom stereocenters. The molecule has 0 fully saturated rings. The summed E-state index contributed by atoms with van der Waals surface area (Å²) >= 11 is 1.39. The lowest BCUT2D eigenvalue weighted by molar-refractivity contribution is -0.111. The van der Waals surface area contributed by atoms with E-state index in [9.17, 15) is 14.7 Å². The highest BCUT2D eigenvalue weighted by Gasteiger charge is 2.24. The van der Waals surface area contributed by atoms with E-state index in [1.807, 2.05) is 0 Å². The number of thiophene rings is 1. The summed E-state index contributed by atoms with van der Waals surface area (Å²) in [5, 5.41) is 12.6. The molecule has 3 rings (SSSR count). The molecule has 5 nitrogen and oxygen atoms in total. The van der Waals surface area contributed by atoms with Gasteiger partial charge in [-0.1, -0.05) is 6.42 Å². The number of carboxylic acid groups (broad SMARTS) is 1. The van der Waals surface area contributed by atoms with E-state index in [1.165, 1.54) is 23.7 Å². The summed E-state index contributed by atoms with van der Waals surface area (Å²) in [4.78, 5) is 24.7. The molecule has 2 heterocycles. The maximum Gasteiger partial charge on any atom is 0.339 e. The molecule has 0 atom stereocenters. The summed E-state index contributed by atoms with van der Waals surface area (Å²) in [6.07, 6.45) is 9.26. The summed E-state index contributed by atoms with van der Waals surface area (Å²) in [5.74, 6) is -0.768. The van der Waals surface area contributed by atoms with Crippen LogP contribution in [0.5, 0.6) is 0 Å². The third-order valence-corrected chi connectivity index (χ3v) is 5.02. The topological polar surface area (TPSA) is 79.5 Å². The molecule has 0 saturated carbocycles. The van der Waals surface area contributed by atoms with Gasteiger partial charge in [0.1, 0.15) is 10.8 Å². The third kappa shape index (κ3) is 3.53. The first-order valence-electron chi connectivity index (χ1n) is 7.55. The van der Waals surface area contributed by atoms with Gasteiger partial charge in [-0.3, -0.25) is 4.79 Å². The van der Waals surface area contributed by atoms with Crippen LogP contribution in [0.15, 0.2) is 28.9 Å². The van der Waals surface area contributed by atoms with Gasteiger partial charge in [-0.15, -0.1) is 11.3 Å². The summed E-state index contributed by atoms with van der Waals surface area (Å²) < 4.78 is 5.12. The van der Waals surface area contributed by atoms with Crippen LogP contribution in [0.25, 0.3) is 6.08 Å². The van der Waals surface area contributed by atoms with Crippen molar-refractivity contribution in [1.82, 2.24) is 0 Å². The third-order valence-electron chi connectivity index (χ3n) is 3.81. The van der Waals surface area contributed by atoms with Crippen molar-refractivity contribution in [1.29, 1.82) is 0 Å². The SMILES string of the molecule is O=C(/C=C/c1ccco1)Nc1sc2c(c1C(=O)O)CCCCC2. The Bertz CT molecular complexity index is 743. The number of rotatable bonds is 4. The Morgan fingerprint density at radius 1 is 1.26 bits per heavy atom. The molecular formula is C17H17NO4S. The summed E-state index contributed by atoms with van der Waals surface area (Å²) in [6, 6.07) is 3.47. The molecule has 0 bridgehead atoms. The zero-order valence-corrected chi connectivity index (χ0v) is 13.3. The Balaban J connectivity index is 1.82. The summed E-state index contributed by atoms with van der Waals surface area (Å²) in [6.45, 7) is 0. The van der Waals surface area contributed by atoms with Gasteiger partial charge in [-0.2, -0.15) is 0 Å². The molecule has 120 valence electrons. The number of nitrogens with one attached hydrogen (secondary N) is 1. The molecule has 1 aliphatic rings. The first-order chi connectivity index (χ1) is 11.1. The van der Waals surface area contributed by atoms with Crippen LogP contribution in [0.3, 0.4) is 0 Å². The van der Waals surface area contributed by atoms with E-state index < -0.39 is 5.97 Å². The Morgan fingerprint density at radius 3 is 2.83 bits per heavy atom. The van der Waals surface area contributed by atoms with Crippen molar-refractivity contribution in [2.24, 2.45) is 0 Å². The minimum absolute atomic E-state index is 0.256. The zero-order chi connectivity index (χ0) is 16.2. The first kappa shape index (κ1) is 15.6. The number of furan rings is 1. The van der Waals surface area contributed by atoms with Gasteiger partial charge in [-0.05, 0) is 49.5 Å². The molecule has 0 aromatic carbocycles. The molecule has 0 aliphatic heterocycles. The quantitative estimate of drug-likeness (QED) is 0.656. The second kappa shape index (κ2) is 6.83. The second-order valence-electron chi connectivity index (χ2n) is 5.41. The van der Waals surface area contributed by atoms with Crippen LogP contribution in [0.1, 0.15) is 45.8 Å². The van der Waals surface area contributed by atoms with Crippen molar-refractivity contribution in [3.63, 3.8) is 0 Å². The highest BCUT2D eigenvalue weighted by atomic mass is 32.1. The van der Waals surface area contributed by atoms with Crippen molar-refractivity contribution in [3.05, 3.63) is 46.2 Å². The number of anilines is 1. The van der Waals surface area contributed by atoms with Crippen molar-refractivity contribution >= 4 is 34.3 Å². The monoisotopic (exact) mass is 331 g/mol. The highest BCUT2D eigenvalue weighted by molar-refractivity contribution is 7.17. The molecule has 1 amide bonds. The number of carbonyl (C=O) groups is 2. The Hall–Kier alpha value is -2.34. The van der Waals surface area contributed by atoms with Crippen LogP contribution < -0.4 is 5.32 Å². The molecular weight excluding hydrogens is 314 g/mol. The largest absolute Gasteiger partial charge is 0.478 e. The number of aryl methyl sites for hydroxylation is 1. The van der Waals surface area contributed by atoms with E-state index in [0.717, 1.165) is 42.5 Å². The highest BCUT2D eigenvalue weighted by Crippen LogP contribution is 2.37. The predicted molar refractivity (Wildman–Crippen MR) is 88.9 cm³/mol. The summed E-state index contributed by atoms with van der Waals surface area (Å²) in [5.41, 5.74) is 1.15. The lowest BCUT2D eigenvalue weighted by Gasteiger charge is -2.03. The van der Waals surface area contributed by atoms with Crippen molar-refractivity contribution in [2.45, 2.75) is 32.1 Å². The van der Waals surface area contributed by atoms with Gasteiger partial charge in [0.2, 0.25) is 5.91 Å². The van der Waals surface area contributed by atoms with Gasteiger partial charge >= 0.3 is 5.97 Å². The number of amides is 1. The maximum atomic E-state index is 12.0. The molecule has 0 saturated heterocycles. The Kier molecular flexibility index (Phi) is 4.62. The van der Waals surface area contributed by atoms with E-state index in [0.29, 0.717) is 10.8 Å². The van der Waals surface area contributed by atoms with Crippen molar-refractivity contribution in [3.8, 4) is 0 Å². The van der Waals surface area contributed by atoms with E-state index in [1.54, 1.807) is 18.2 Å². The minimum atomic E-state index is -0.977. The molecule has 0 spiro atoms. The number of hydrogen-bond donors (Lipinski definition) is 2. The van der Waals surface area contributed by atoms with Gasteiger partial charge in [0, 0.05) is 11.0 Å². The van der Waals surface area contributed by atoms with Crippen LogP contribution in [-0.4, -0.2) is 17.0 Å². The van der Waals surface area contributed by atoms with E-state index in [-0.39, 0.29) is 11.5 Å². The van der Waals surface area contributed by atoms with Crippen LogP contribution in [0.4, 0.5) is 5.00 Å². The van der Waals surface area contributed by atoms with Gasteiger partial charge in [0.05, 0.1) is 11.8 Å². The number of aromatic carboxylic acids is 1. The molecule has 2 N–H and O–H groups in total. The lowest BCUT2D eigenvalue weighted by Crippen LogP contribution is -2.11. The van der Waals surface area contributed by atoms with Crippen molar-refractivity contribution < 1.29 is 19.1 Å². The number of carbonyl (C=O) groups excluding carboxylic acids is 1. The smallest absolute Gasteiger partial charge is 0.339 e. The van der Waals surface area contributed by atoms with Gasteiger partial charge in [0.25, 0.3) is 0 Å². The average molecular weight is 331 g/mol.